The van der Waals surface area contributed by atoms with E-state index in [9.17, 15) is 9.59 Å². The van der Waals surface area contributed by atoms with E-state index in [0.29, 0.717) is 30.1 Å². The van der Waals surface area contributed by atoms with Crippen molar-refractivity contribution in [1.82, 2.24) is 4.90 Å². The monoisotopic (exact) mass is 271 g/mol. The lowest BCUT2D eigenvalue weighted by Gasteiger charge is -2.16. The quantitative estimate of drug-likeness (QED) is 0.906. The number of hydrogen-bond acceptors (Lipinski definition) is 3. The summed E-state index contributed by atoms with van der Waals surface area (Å²) >= 11 is 0. The predicted molar refractivity (Wildman–Crippen MR) is 74.8 cm³/mol. The van der Waals surface area contributed by atoms with Gasteiger partial charge < -0.3 is 10.2 Å². The SMILES string of the molecule is CCC1CC(=O)N(CC(=O)Nc2ccccc2C#N)C1. The van der Waals surface area contributed by atoms with Crippen LogP contribution in [0.25, 0.3) is 0 Å². The number of carbonyl (C=O) groups excluding carboxylic acids is 2. The van der Waals surface area contributed by atoms with Gasteiger partial charge in [0.15, 0.2) is 0 Å². The number of carbonyl (C=O) groups is 2. The van der Waals surface area contributed by atoms with Crippen molar-refractivity contribution in [3.8, 4) is 6.07 Å². The van der Waals surface area contributed by atoms with Crippen LogP contribution in [0.4, 0.5) is 5.69 Å². The van der Waals surface area contributed by atoms with Crippen molar-refractivity contribution in [2.24, 2.45) is 5.92 Å². The Bertz CT molecular complexity index is 562. The van der Waals surface area contributed by atoms with Crippen LogP contribution in [0.3, 0.4) is 0 Å². The summed E-state index contributed by atoms with van der Waals surface area (Å²) in [7, 11) is 0. The Morgan fingerprint density at radius 1 is 1.50 bits per heavy atom. The molecule has 5 heteroatoms. The average molecular weight is 271 g/mol. The normalized spacial score (nSPS) is 17.9. The summed E-state index contributed by atoms with van der Waals surface area (Å²) in [5.41, 5.74) is 0.902. The minimum atomic E-state index is -0.266. The number of benzene rings is 1. The van der Waals surface area contributed by atoms with Crippen molar-refractivity contribution in [2.75, 3.05) is 18.4 Å². The molecule has 1 aliphatic rings. The topological polar surface area (TPSA) is 73.2 Å². The van der Waals surface area contributed by atoms with Gasteiger partial charge in [0.05, 0.1) is 17.8 Å². The van der Waals surface area contributed by atoms with Crippen LogP contribution in [-0.2, 0) is 9.59 Å². The fourth-order valence-electron chi connectivity index (χ4n) is 2.33. The number of nitriles is 1. The fraction of sp³-hybridized carbons (Fsp3) is 0.400. The zero-order valence-electron chi connectivity index (χ0n) is 11.4. The Balaban J connectivity index is 1.96. The summed E-state index contributed by atoms with van der Waals surface area (Å²) in [6.45, 7) is 2.74. The lowest BCUT2D eigenvalue weighted by atomic mass is 10.1. The second-order valence-corrected chi connectivity index (χ2v) is 4.96. The first-order valence-corrected chi connectivity index (χ1v) is 6.70. The van der Waals surface area contributed by atoms with Gasteiger partial charge in [-0.15, -0.1) is 0 Å². The Labute approximate surface area is 118 Å². The van der Waals surface area contributed by atoms with Crippen molar-refractivity contribution in [1.29, 1.82) is 5.26 Å². The van der Waals surface area contributed by atoms with E-state index in [-0.39, 0.29) is 18.4 Å². The molecular weight excluding hydrogens is 254 g/mol. The van der Waals surface area contributed by atoms with E-state index in [4.69, 9.17) is 5.26 Å². The molecule has 2 amide bonds. The van der Waals surface area contributed by atoms with Gasteiger partial charge in [0.25, 0.3) is 0 Å². The van der Waals surface area contributed by atoms with Crippen LogP contribution in [0.2, 0.25) is 0 Å². The van der Waals surface area contributed by atoms with Crippen LogP contribution in [0.5, 0.6) is 0 Å². The molecule has 104 valence electrons. The number of rotatable bonds is 4. The van der Waals surface area contributed by atoms with Gasteiger partial charge in [0, 0.05) is 13.0 Å². The van der Waals surface area contributed by atoms with Crippen LogP contribution < -0.4 is 5.32 Å². The molecule has 1 unspecified atom stereocenters. The molecule has 0 bridgehead atoms. The molecule has 1 saturated heterocycles. The number of amides is 2. The number of para-hydroxylation sites is 1. The molecular formula is C15H17N3O2. The van der Waals surface area contributed by atoms with Gasteiger partial charge in [0.2, 0.25) is 11.8 Å². The van der Waals surface area contributed by atoms with E-state index in [1.807, 2.05) is 13.0 Å². The molecule has 5 nitrogen and oxygen atoms in total. The second kappa shape index (κ2) is 6.20. The lowest BCUT2D eigenvalue weighted by molar-refractivity contribution is -0.131. The smallest absolute Gasteiger partial charge is 0.244 e. The molecule has 1 aromatic rings. The van der Waals surface area contributed by atoms with Crippen molar-refractivity contribution in [2.45, 2.75) is 19.8 Å². The first-order chi connectivity index (χ1) is 9.63. The highest BCUT2D eigenvalue weighted by Gasteiger charge is 2.29. The van der Waals surface area contributed by atoms with E-state index in [0.717, 1.165) is 6.42 Å². The highest BCUT2D eigenvalue weighted by atomic mass is 16.2. The zero-order valence-corrected chi connectivity index (χ0v) is 11.4. The summed E-state index contributed by atoms with van der Waals surface area (Å²) in [6, 6.07) is 8.84. The molecule has 0 radical (unpaired) electrons. The van der Waals surface area contributed by atoms with Crippen molar-refractivity contribution < 1.29 is 9.59 Å². The zero-order chi connectivity index (χ0) is 14.5. The van der Waals surface area contributed by atoms with Crippen LogP contribution in [0.15, 0.2) is 24.3 Å². The van der Waals surface area contributed by atoms with Gasteiger partial charge in [0.1, 0.15) is 6.07 Å². The molecule has 1 aromatic carbocycles. The Hall–Kier alpha value is -2.35. The number of hydrogen-bond donors (Lipinski definition) is 1. The Kier molecular flexibility index (Phi) is 4.36. The number of likely N-dealkylation sites (tertiary alicyclic amines) is 1. The van der Waals surface area contributed by atoms with Gasteiger partial charge in [-0.25, -0.2) is 0 Å². The molecule has 1 fully saturated rings. The van der Waals surface area contributed by atoms with E-state index >= 15 is 0 Å². The highest BCUT2D eigenvalue weighted by Crippen LogP contribution is 2.20. The molecule has 0 saturated carbocycles. The van der Waals surface area contributed by atoms with Gasteiger partial charge >= 0.3 is 0 Å². The molecule has 2 rings (SSSR count). The standard InChI is InChI=1S/C15H17N3O2/c1-2-11-7-15(20)18(9-11)10-14(19)17-13-6-4-3-5-12(13)8-16/h3-6,11H,2,7,9-10H2,1H3,(H,17,19). The summed E-state index contributed by atoms with van der Waals surface area (Å²) < 4.78 is 0. The minimum absolute atomic E-state index is 0.0283. The number of nitrogens with zero attached hydrogens (tertiary/aromatic N) is 2. The molecule has 0 aromatic heterocycles. The average Bonchev–Trinajstić information content (AvgIpc) is 2.80. The van der Waals surface area contributed by atoms with Crippen LogP contribution in [-0.4, -0.2) is 29.8 Å². The Morgan fingerprint density at radius 2 is 2.25 bits per heavy atom. The third kappa shape index (κ3) is 3.15. The third-order valence-electron chi connectivity index (χ3n) is 3.53. The van der Waals surface area contributed by atoms with Crippen LogP contribution in [0, 0.1) is 17.2 Å². The number of anilines is 1. The highest BCUT2D eigenvalue weighted by molar-refractivity contribution is 5.95. The van der Waals surface area contributed by atoms with Gasteiger partial charge in [-0.05, 0) is 18.1 Å². The predicted octanol–water partition coefficient (Wildman–Crippen LogP) is 1.76. The van der Waals surface area contributed by atoms with Gasteiger partial charge in [-0.2, -0.15) is 5.26 Å². The molecule has 1 atom stereocenters. The second-order valence-electron chi connectivity index (χ2n) is 4.96. The largest absolute Gasteiger partial charge is 0.333 e. The fourth-order valence-corrected chi connectivity index (χ4v) is 2.33. The third-order valence-corrected chi connectivity index (χ3v) is 3.53. The molecule has 1 aliphatic heterocycles. The van der Waals surface area contributed by atoms with Crippen LogP contribution >= 0.6 is 0 Å². The molecule has 0 spiro atoms. The van der Waals surface area contributed by atoms with E-state index < -0.39 is 0 Å². The molecule has 0 aliphatic carbocycles. The number of nitrogens with one attached hydrogen (secondary N) is 1. The molecule has 20 heavy (non-hydrogen) atoms. The lowest BCUT2D eigenvalue weighted by Crippen LogP contribution is -2.34. The first-order valence-electron chi connectivity index (χ1n) is 6.70. The van der Waals surface area contributed by atoms with Crippen molar-refractivity contribution in [3.63, 3.8) is 0 Å². The maximum atomic E-state index is 12.0. The summed E-state index contributed by atoms with van der Waals surface area (Å²) in [5.74, 6) is 0.111. The van der Waals surface area contributed by atoms with E-state index in [1.165, 1.54) is 0 Å². The van der Waals surface area contributed by atoms with Crippen molar-refractivity contribution in [3.05, 3.63) is 29.8 Å². The summed E-state index contributed by atoms with van der Waals surface area (Å²) in [4.78, 5) is 25.3. The maximum absolute atomic E-state index is 12.0. The van der Waals surface area contributed by atoms with Crippen molar-refractivity contribution >= 4 is 17.5 Å². The summed E-state index contributed by atoms with van der Waals surface area (Å²) in [5, 5.41) is 11.6. The molecule has 1 heterocycles. The van der Waals surface area contributed by atoms with Crippen LogP contribution in [0.1, 0.15) is 25.3 Å². The Morgan fingerprint density at radius 3 is 2.90 bits per heavy atom. The van der Waals surface area contributed by atoms with Gasteiger partial charge in [-0.1, -0.05) is 25.5 Å². The first kappa shape index (κ1) is 14.1. The maximum Gasteiger partial charge on any atom is 0.244 e. The summed E-state index contributed by atoms with van der Waals surface area (Å²) in [6.07, 6.45) is 1.47. The van der Waals surface area contributed by atoms with E-state index in [1.54, 1.807) is 29.2 Å². The minimum Gasteiger partial charge on any atom is -0.333 e. The molecule has 1 N–H and O–H groups in total. The van der Waals surface area contributed by atoms with Gasteiger partial charge in [-0.3, -0.25) is 9.59 Å². The van der Waals surface area contributed by atoms with E-state index in [2.05, 4.69) is 5.32 Å².